The van der Waals surface area contributed by atoms with E-state index >= 15 is 0 Å². The highest BCUT2D eigenvalue weighted by Crippen LogP contribution is 2.25. The number of benzene rings is 1. The topological polar surface area (TPSA) is 24.9 Å². The summed E-state index contributed by atoms with van der Waals surface area (Å²) >= 11 is 2.07. The van der Waals surface area contributed by atoms with Crippen molar-refractivity contribution in [3.63, 3.8) is 0 Å². The summed E-state index contributed by atoms with van der Waals surface area (Å²) in [5, 5.41) is 4.80. The summed E-state index contributed by atoms with van der Waals surface area (Å²) in [5.41, 5.74) is 2.28. The molecule has 2 nitrogen and oxygen atoms in total. The molecule has 2 heterocycles. The molecule has 2 aromatic rings. The maximum absolute atomic E-state index is 4.38. The molecule has 88 valence electrons. The monoisotopic (exact) mass is 244 g/mol. The summed E-state index contributed by atoms with van der Waals surface area (Å²) < 4.78 is 0. The molecule has 3 rings (SSSR count). The number of hydrogen-bond donors (Lipinski definition) is 1. The fraction of sp³-hybridized carbons (Fsp3) is 0.357. The highest BCUT2D eigenvalue weighted by atomic mass is 32.2. The molecule has 1 N–H and O–H groups in total. The zero-order valence-electron chi connectivity index (χ0n) is 9.73. The molecule has 1 aromatic carbocycles. The van der Waals surface area contributed by atoms with Gasteiger partial charge in [-0.2, -0.15) is 11.8 Å². The van der Waals surface area contributed by atoms with Crippen LogP contribution in [0.4, 0.5) is 5.69 Å². The first-order chi connectivity index (χ1) is 8.43. The number of aromatic nitrogens is 1. The van der Waals surface area contributed by atoms with Crippen LogP contribution in [-0.2, 0) is 0 Å². The molecule has 0 bridgehead atoms. The van der Waals surface area contributed by atoms with E-state index in [0.29, 0.717) is 0 Å². The molecular weight excluding hydrogens is 228 g/mol. The third-order valence-electron chi connectivity index (χ3n) is 3.25. The van der Waals surface area contributed by atoms with E-state index in [1.54, 1.807) is 0 Å². The lowest BCUT2D eigenvalue weighted by Gasteiger charge is -2.12. The van der Waals surface area contributed by atoms with E-state index in [-0.39, 0.29) is 0 Å². The lowest BCUT2D eigenvalue weighted by Crippen LogP contribution is -2.13. The van der Waals surface area contributed by atoms with Crippen molar-refractivity contribution >= 4 is 28.4 Å². The fourth-order valence-corrected chi connectivity index (χ4v) is 3.53. The van der Waals surface area contributed by atoms with Gasteiger partial charge in [0.05, 0.1) is 5.52 Å². The summed E-state index contributed by atoms with van der Waals surface area (Å²) in [4.78, 5) is 4.38. The van der Waals surface area contributed by atoms with Gasteiger partial charge in [0.1, 0.15) is 0 Å². The van der Waals surface area contributed by atoms with E-state index in [1.165, 1.54) is 29.0 Å². The number of nitrogens with zero attached hydrogens (tertiary/aromatic N) is 1. The van der Waals surface area contributed by atoms with Crippen LogP contribution in [0, 0.1) is 5.92 Å². The van der Waals surface area contributed by atoms with Gasteiger partial charge in [-0.15, -0.1) is 0 Å². The van der Waals surface area contributed by atoms with Gasteiger partial charge in [-0.1, -0.05) is 18.2 Å². The Morgan fingerprint density at radius 1 is 1.29 bits per heavy atom. The summed E-state index contributed by atoms with van der Waals surface area (Å²) in [6.07, 6.45) is 3.23. The molecule has 0 saturated carbocycles. The second-order valence-corrected chi connectivity index (χ2v) is 5.64. The Kier molecular flexibility index (Phi) is 3.18. The van der Waals surface area contributed by atoms with Gasteiger partial charge in [-0.25, -0.2) is 0 Å². The average molecular weight is 244 g/mol. The van der Waals surface area contributed by atoms with Crippen molar-refractivity contribution in [1.82, 2.24) is 4.98 Å². The van der Waals surface area contributed by atoms with Gasteiger partial charge in [0.25, 0.3) is 0 Å². The van der Waals surface area contributed by atoms with Crippen molar-refractivity contribution in [3.05, 3.63) is 36.5 Å². The second-order valence-electron chi connectivity index (χ2n) is 4.49. The molecule has 3 heteroatoms. The summed E-state index contributed by atoms with van der Waals surface area (Å²) in [6, 6.07) is 10.4. The first kappa shape index (κ1) is 10.9. The number of nitrogens with one attached hydrogen (secondary N) is 1. The summed E-state index contributed by atoms with van der Waals surface area (Å²) in [5.74, 6) is 3.45. The minimum absolute atomic E-state index is 0.826. The van der Waals surface area contributed by atoms with E-state index < -0.39 is 0 Å². The number of rotatable bonds is 3. The van der Waals surface area contributed by atoms with E-state index in [9.17, 15) is 0 Å². The first-order valence-electron chi connectivity index (χ1n) is 6.09. The maximum Gasteiger partial charge on any atom is 0.0722 e. The number of thioether (sulfide) groups is 1. The second kappa shape index (κ2) is 4.96. The molecule has 1 atom stereocenters. The molecule has 1 aromatic heterocycles. The van der Waals surface area contributed by atoms with Crippen LogP contribution in [0.2, 0.25) is 0 Å². The average Bonchev–Trinajstić information content (AvgIpc) is 2.89. The molecule has 0 radical (unpaired) electrons. The van der Waals surface area contributed by atoms with Crippen molar-refractivity contribution in [1.29, 1.82) is 0 Å². The van der Waals surface area contributed by atoms with Crippen LogP contribution in [0.25, 0.3) is 10.9 Å². The Morgan fingerprint density at radius 2 is 2.24 bits per heavy atom. The molecule has 1 fully saturated rings. The van der Waals surface area contributed by atoms with Gasteiger partial charge in [0, 0.05) is 23.8 Å². The van der Waals surface area contributed by atoms with Crippen LogP contribution >= 0.6 is 11.8 Å². The van der Waals surface area contributed by atoms with E-state index in [1.807, 2.05) is 12.3 Å². The van der Waals surface area contributed by atoms with Crippen LogP contribution in [0.3, 0.4) is 0 Å². The normalized spacial score (nSPS) is 19.6. The zero-order chi connectivity index (χ0) is 11.5. The number of para-hydroxylation sites is 1. The molecule has 1 aliphatic rings. The Labute approximate surface area is 106 Å². The maximum atomic E-state index is 4.38. The van der Waals surface area contributed by atoms with Crippen LogP contribution in [0.15, 0.2) is 36.5 Å². The van der Waals surface area contributed by atoms with Crippen molar-refractivity contribution < 1.29 is 0 Å². The predicted molar refractivity (Wildman–Crippen MR) is 75.7 cm³/mol. The van der Waals surface area contributed by atoms with E-state index in [2.05, 4.69) is 46.3 Å². The van der Waals surface area contributed by atoms with Gasteiger partial charge in [0.2, 0.25) is 0 Å². The van der Waals surface area contributed by atoms with Gasteiger partial charge >= 0.3 is 0 Å². The standard InChI is InChI=1S/C14H16N2S/c1-2-4-13-12(3-1)14(5-7-15-13)16-9-11-6-8-17-10-11/h1-5,7,11H,6,8-10H2,(H,15,16). The zero-order valence-corrected chi connectivity index (χ0v) is 10.5. The number of anilines is 1. The Hall–Kier alpha value is -1.22. The first-order valence-corrected chi connectivity index (χ1v) is 7.24. The van der Waals surface area contributed by atoms with Crippen molar-refractivity contribution in [2.75, 3.05) is 23.4 Å². The molecule has 1 saturated heterocycles. The SMILES string of the molecule is c1ccc2c(NCC3CCSC3)ccnc2c1. The smallest absolute Gasteiger partial charge is 0.0722 e. The van der Waals surface area contributed by atoms with Crippen LogP contribution in [0.1, 0.15) is 6.42 Å². The quantitative estimate of drug-likeness (QED) is 0.895. The minimum atomic E-state index is 0.826. The van der Waals surface area contributed by atoms with Crippen LogP contribution < -0.4 is 5.32 Å². The minimum Gasteiger partial charge on any atom is -0.384 e. The van der Waals surface area contributed by atoms with Crippen LogP contribution in [-0.4, -0.2) is 23.0 Å². The van der Waals surface area contributed by atoms with Crippen molar-refractivity contribution in [2.45, 2.75) is 6.42 Å². The third kappa shape index (κ3) is 2.39. The highest BCUT2D eigenvalue weighted by molar-refractivity contribution is 7.99. The largest absolute Gasteiger partial charge is 0.384 e. The lowest BCUT2D eigenvalue weighted by atomic mass is 10.1. The van der Waals surface area contributed by atoms with E-state index in [0.717, 1.165) is 18.0 Å². The molecule has 0 amide bonds. The number of pyridine rings is 1. The Balaban J connectivity index is 1.79. The van der Waals surface area contributed by atoms with Crippen molar-refractivity contribution in [3.8, 4) is 0 Å². The van der Waals surface area contributed by atoms with E-state index in [4.69, 9.17) is 0 Å². The molecule has 17 heavy (non-hydrogen) atoms. The van der Waals surface area contributed by atoms with Crippen molar-refractivity contribution in [2.24, 2.45) is 5.92 Å². The predicted octanol–water partition coefficient (Wildman–Crippen LogP) is 3.40. The fourth-order valence-electron chi connectivity index (χ4n) is 2.25. The summed E-state index contributed by atoms with van der Waals surface area (Å²) in [7, 11) is 0. The lowest BCUT2D eigenvalue weighted by molar-refractivity contribution is 0.632. The molecule has 1 aliphatic heterocycles. The number of fused-ring (bicyclic) bond motifs is 1. The molecule has 1 unspecified atom stereocenters. The van der Waals surface area contributed by atoms with Gasteiger partial charge < -0.3 is 5.32 Å². The molecular formula is C14H16N2S. The molecule has 0 aliphatic carbocycles. The Morgan fingerprint density at radius 3 is 3.12 bits per heavy atom. The number of hydrogen-bond acceptors (Lipinski definition) is 3. The third-order valence-corrected chi connectivity index (χ3v) is 4.49. The molecule has 0 spiro atoms. The van der Waals surface area contributed by atoms with Crippen LogP contribution in [0.5, 0.6) is 0 Å². The Bertz CT molecular complexity index is 501. The highest BCUT2D eigenvalue weighted by Gasteiger charge is 2.15. The van der Waals surface area contributed by atoms with Gasteiger partial charge in [0.15, 0.2) is 0 Å². The summed E-state index contributed by atoms with van der Waals surface area (Å²) in [6.45, 7) is 1.08. The van der Waals surface area contributed by atoms with Gasteiger partial charge in [-0.05, 0) is 36.0 Å². The van der Waals surface area contributed by atoms with Gasteiger partial charge in [-0.3, -0.25) is 4.98 Å².